The van der Waals surface area contributed by atoms with E-state index in [0.717, 1.165) is 9.13 Å². The highest BCUT2D eigenvalue weighted by molar-refractivity contribution is 14.1. The van der Waals surface area contributed by atoms with E-state index in [4.69, 9.17) is 0 Å². The van der Waals surface area contributed by atoms with Crippen LogP contribution >= 0.6 is 22.6 Å². The lowest BCUT2D eigenvalue weighted by Gasteiger charge is -2.07. The van der Waals surface area contributed by atoms with E-state index < -0.39 is 9.84 Å². The molecule has 1 amide bonds. The molecule has 0 saturated heterocycles. The highest BCUT2D eigenvalue weighted by atomic mass is 127. The Morgan fingerprint density at radius 1 is 1.05 bits per heavy atom. The second-order valence-corrected chi connectivity index (χ2v) is 8.29. The standard InChI is InChI=1S/C16H16INO3S/c1-12-2-8-15(9-3-12)22(20,21)11-10-16(19)18-14-6-4-13(17)5-7-14/h2-9H,10-11H2,1H3,(H,18,19). The molecule has 6 heteroatoms. The van der Waals surface area contributed by atoms with Gasteiger partial charge in [0, 0.05) is 15.7 Å². The fourth-order valence-electron chi connectivity index (χ4n) is 1.85. The monoisotopic (exact) mass is 429 g/mol. The molecule has 2 aromatic rings. The van der Waals surface area contributed by atoms with Crippen molar-refractivity contribution in [3.05, 3.63) is 57.7 Å². The lowest BCUT2D eigenvalue weighted by Crippen LogP contribution is -2.17. The first-order chi connectivity index (χ1) is 10.4. The van der Waals surface area contributed by atoms with Gasteiger partial charge in [0.2, 0.25) is 5.91 Å². The molecule has 0 aliphatic carbocycles. The van der Waals surface area contributed by atoms with Crippen molar-refractivity contribution in [2.24, 2.45) is 0 Å². The molecule has 0 aliphatic rings. The van der Waals surface area contributed by atoms with E-state index in [2.05, 4.69) is 27.9 Å². The number of amides is 1. The van der Waals surface area contributed by atoms with Crippen LogP contribution in [0, 0.1) is 10.5 Å². The minimum Gasteiger partial charge on any atom is -0.326 e. The Morgan fingerprint density at radius 2 is 1.64 bits per heavy atom. The zero-order valence-electron chi connectivity index (χ0n) is 12.0. The Bertz CT molecular complexity index is 753. The van der Waals surface area contributed by atoms with Gasteiger partial charge in [0.1, 0.15) is 0 Å². The molecule has 0 heterocycles. The van der Waals surface area contributed by atoms with Crippen molar-refractivity contribution in [3.63, 3.8) is 0 Å². The lowest BCUT2D eigenvalue weighted by atomic mass is 10.2. The Kier molecular flexibility index (Phi) is 5.57. The van der Waals surface area contributed by atoms with Crippen LogP contribution in [-0.2, 0) is 14.6 Å². The van der Waals surface area contributed by atoms with Gasteiger partial charge in [0.05, 0.1) is 10.6 Å². The molecular formula is C16H16INO3S. The first-order valence-corrected chi connectivity index (χ1v) is 9.45. The normalized spacial score (nSPS) is 11.2. The number of carbonyl (C=O) groups excluding carboxylic acids is 1. The molecule has 0 unspecified atom stereocenters. The van der Waals surface area contributed by atoms with E-state index in [1.54, 1.807) is 36.4 Å². The Hall–Kier alpha value is -1.41. The molecule has 0 radical (unpaired) electrons. The number of hydrogen-bond donors (Lipinski definition) is 1. The maximum absolute atomic E-state index is 12.2. The summed E-state index contributed by atoms with van der Waals surface area (Å²) < 4.78 is 25.4. The molecule has 0 bridgehead atoms. The third-order valence-corrected chi connectivity index (χ3v) is 5.56. The number of aryl methyl sites for hydroxylation is 1. The zero-order valence-corrected chi connectivity index (χ0v) is 15.0. The Morgan fingerprint density at radius 3 is 2.23 bits per heavy atom. The van der Waals surface area contributed by atoms with E-state index >= 15 is 0 Å². The fraction of sp³-hybridized carbons (Fsp3) is 0.188. The van der Waals surface area contributed by atoms with Gasteiger partial charge in [0.25, 0.3) is 0 Å². The summed E-state index contributed by atoms with van der Waals surface area (Å²) in [5, 5.41) is 2.70. The van der Waals surface area contributed by atoms with Crippen molar-refractivity contribution in [3.8, 4) is 0 Å². The number of halogens is 1. The van der Waals surface area contributed by atoms with Crippen LogP contribution in [0.3, 0.4) is 0 Å². The summed E-state index contributed by atoms with van der Waals surface area (Å²) in [5.74, 6) is -0.511. The minimum atomic E-state index is -3.43. The van der Waals surface area contributed by atoms with Crippen LogP contribution in [0.15, 0.2) is 53.4 Å². The highest BCUT2D eigenvalue weighted by Gasteiger charge is 2.16. The fourth-order valence-corrected chi connectivity index (χ4v) is 3.45. The number of carbonyl (C=O) groups is 1. The third kappa shape index (κ3) is 4.81. The van der Waals surface area contributed by atoms with Gasteiger partial charge < -0.3 is 5.32 Å². The lowest BCUT2D eigenvalue weighted by molar-refractivity contribution is -0.115. The van der Waals surface area contributed by atoms with E-state index in [1.165, 1.54) is 0 Å². The summed E-state index contributed by atoms with van der Waals surface area (Å²) in [4.78, 5) is 12.1. The molecule has 0 fully saturated rings. The maximum Gasteiger partial charge on any atom is 0.225 e. The van der Waals surface area contributed by atoms with Gasteiger partial charge in [-0.1, -0.05) is 17.7 Å². The molecule has 4 nitrogen and oxygen atoms in total. The average Bonchev–Trinajstić information content (AvgIpc) is 2.48. The van der Waals surface area contributed by atoms with E-state index in [1.807, 2.05) is 19.1 Å². The number of hydrogen-bond acceptors (Lipinski definition) is 3. The number of nitrogens with one attached hydrogen (secondary N) is 1. The number of sulfone groups is 1. The molecule has 22 heavy (non-hydrogen) atoms. The Balaban J connectivity index is 1.95. The van der Waals surface area contributed by atoms with Gasteiger partial charge in [-0.05, 0) is 65.9 Å². The molecule has 116 valence electrons. The molecule has 0 spiro atoms. The number of anilines is 1. The van der Waals surface area contributed by atoms with Crippen molar-refractivity contribution < 1.29 is 13.2 Å². The summed E-state index contributed by atoms with van der Waals surface area (Å²) in [5.41, 5.74) is 1.66. The molecule has 0 aromatic heterocycles. The van der Waals surface area contributed by atoms with Crippen LogP contribution in [0.1, 0.15) is 12.0 Å². The van der Waals surface area contributed by atoms with Gasteiger partial charge >= 0.3 is 0 Å². The van der Waals surface area contributed by atoms with Gasteiger partial charge in [-0.3, -0.25) is 4.79 Å². The first-order valence-electron chi connectivity index (χ1n) is 6.72. The average molecular weight is 429 g/mol. The summed E-state index contributed by atoms with van der Waals surface area (Å²) in [6.45, 7) is 1.89. The number of benzene rings is 2. The van der Waals surface area contributed by atoms with Crippen LogP contribution in [0.25, 0.3) is 0 Å². The first kappa shape index (κ1) is 17.0. The van der Waals surface area contributed by atoms with Crippen LogP contribution in [0.5, 0.6) is 0 Å². The van der Waals surface area contributed by atoms with Crippen molar-refractivity contribution in [1.29, 1.82) is 0 Å². The largest absolute Gasteiger partial charge is 0.326 e. The van der Waals surface area contributed by atoms with Crippen molar-refractivity contribution in [1.82, 2.24) is 0 Å². The Labute approximate surface area is 144 Å². The highest BCUT2D eigenvalue weighted by Crippen LogP contribution is 2.14. The summed E-state index contributed by atoms with van der Waals surface area (Å²) in [6, 6.07) is 14.0. The minimum absolute atomic E-state index is 0.0673. The van der Waals surface area contributed by atoms with Gasteiger partial charge in [0.15, 0.2) is 9.84 Å². The van der Waals surface area contributed by atoms with Crippen molar-refractivity contribution in [2.75, 3.05) is 11.1 Å². The van der Waals surface area contributed by atoms with Crippen LogP contribution < -0.4 is 5.32 Å². The van der Waals surface area contributed by atoms with Crippen molar-refractivity contribution >= 4 is 44.0 Å². The molecule has 0 aliphatic heterocycles. The predicted octanol–water partition coefficient (Wildman–Crippen LogP) is 3.40. The van der Waals surface area contributed by atoms with E-state index in [9.17, 15) is 13.2 Å². The smallest absolute Gasteiger partial charge is 0.225 e. The van der Waals surface area contributed by atoms with Crippen LogP contribution in [0.2, 0.25) is 0 Å². The van der Waals surface area contributed by atoms with Crippen LogP contribution in [0.4, 0.5) is 5.69 Å². The SMILES string of the molecule is Cc1ccc(S(=O)(=O)CCC(=O)Nc2ccc(I)cc2)cc1. The molecular weight excluding hydrogens is 413 g/mol. The van der Waals surface area contributed by atoms with Crippen molar-refractivity contribution in [2.45, 2.75) is 18.2 Å². The number of rotatable bonds is 5. The van der Waals surface area contributed by atoms with Crippen LogP contribution in [-0.4, -0.2) is 20.1 Å². The third-order valence-electron chi connectivity index (χ3n) is 3.11. The predicted molar refractivity (Wildman–Crippen MR) is 95.6 cm³/mol. The summed E-state index contributed by atoms with van der Waals surface area (Å²) in [6.07, 6.45) is -0.0673. The van der Waals surface area contributed by atoms with Gasteiger partial charge in [-0.25, -0.2) is 8.42 Å². The zero-order chi connectivity index (χ0) is 16.2. The quantitative estimate of drug-likeness (QED) is 0.742. The molecule has 2 rings (SSSR count). The topological polar surface area (TPSA) is 63.2 Å². The van der Waals surface area contributed by atoms with Gasteiger partial charge in [-0.2, -0.15) is 0 Å². The summed E-state index contributed by atoms with van der Waals surface area (Å²) >= 11 is 2.17. The van der Waals surface area contributed by atoms with E-state index in [-0.39, 0.29) is 23.0 Å². The second-order valence-electron chi connectivity index (χ2n) is 4.94. The molecule has 1 N–H and O–H groups in total. The van der Waals surface area contributed by atoms with E-state index in [0.29, 0.717) is 5.69 Å². The molecule has 0 atom stereocenters. The second kappa shape index (κ2) is 7.23. The molecule has 2 aromatic carbocycles. The summed E-state index contributed by atoms with van der Waals surface area (Å²) in [7, 11) is -3.43. The van der Waals surface area contributed by atoms with Gasteiger partial charge in [-0.15, -0.1) is 0 Å². The molecule has 0 saturated carbocycles. The maximum atomic E-state index is 12.2.